The molecule has 1 fully saturated rings. The average molecular weight is 373 g/mol. The number of benzene rings is 1. The summed E-state index contributed by atoms with van der Waals surface area (Å²) in [5, 5.41) is 16.5. The van der Waals surface area contributed by atoms with E-state index in [9.17, 15) is 4.79 Å². The molecule has 27 heavy (non-hydrogen) atoms. The van der Waals surface area contributed by atoms with Crippen molar-refractivity contribution >= 4 is 5.91 Å². The predicted octanol–water partition coefficient (Wildman–Crippen LogP) is 2.06. The fraction of sp³-hybridized carbons (Fsp3) is 0.500. The van der Waals surface area contributed by atoms with Crippen LogP contribution in [0.5, 0.6) is 5.75 Å². The van der Waals surface area contributed by atoms with Crippen molar-refractivity contribution in [3.05, 3.63) is 47.3 Å². The van der Waals surface area contributed by atoms with Gasteiger partial charge in [-0.2, -0.15) is 5.10 Å². The van der Waals surface area contributed by atoms with Crippen LogP contribution in [-0.4, -0.2) is 46.2 Å². The highest BCUT2D eigenvalue weighted by atomic mass is 16.5. The van der Waals surface area contributed by atoms with Crippen molar-refractivity contribution < 1.29 is 19.4 Å². The van der Waals surface area contributed by atoms with Gasteiger partial charge >= 0.3 is 0 Å². The third kappa shape index (κ3) is 4.67. The molecule has 0 spiro atoms. The molecule has 1 aliphatic heterocycles. The summed E-state index contributed by atoms with van der Waals surface area (Å²) >= 11 is 0. The van der Waals surface area contributed by atoms with Gasteiger partial charge in [-0.15, -0.1) is 0 Å². The number of rotatable bonds is 7. The molecular formula is C20H27N3O4. The SMILES string of the molecule is CCCn1ncc(C(=O)N[C@@H]2CCOC[C@H]2Oc2ccc(CO)cc2)c1C. The molecule has 0 saturated carbocycles. The van der Waals surface area contributed by atoms with Crippen molar-refractivity contribution in [3.63, 3.8) is 0 Å². The maximum atomic E-state index is 12.7. The van der Waals surface area contributed by atoms with Gasteiger partial charge in [0.05, 0.1) is 31.0 Å². The highest BCUT2D eigenvalue weighted by molar-refractivity contribution is 5.95. The molecule has 0 bridgehead atoms. The molecule has 1 aromatic carbocycles. The lowest BCUT2D eigenvalue weighted by atomic mass is 10.1. The van der Waals surface area contributed by atoms with Crippen LogP contribution in [0, 0.1) is 6.92 Å². The highest BCUT2D eigenvalue weighted by Gasteiger charge is 2.30. The van der Waals surface area contributed by atoms with E-state index in [1.165, 1.54) is 0 Å². The van der Waals surface area contributed by atoms with Crippen LogP contribution in [0.25, 0.3) is 0 Å². The number of nitrogens with one attached hydrogen (secondary N) is 1. The van der Waals surface area contributed by atoms with E-state index in [-0.39, 0.29) is 24.7 Å². The summed E-state index contributed by atoms with van der Waals surface area (Å²) in [5.41, 5.74) is 2.30. The van der Waals surface area contributed by atoms with E-state index in [1.54, 1.807) is 6.20 Å². The van der Waals surface area contributed by atoms with E-state index in [2.05, 4.69) is 17.3 Å². The number of carbonyl (C=O) groups is 1. The number of aromatic nitrogens is 2. The summed E-state index contributed by atoms with van der Waals surface area (Å²) in [6.45, 7) is 5.79. The van der Waals surface area contributed by atoms with E-state index >= 15 is 0 Å². The summed E-state index contributed by atoms with van der Waals surface area (Å²) in [6.07, 6.45) is 3.01. The van der Waals surface area contributed by atoms with Gasteiger partial charge < -0.3 is 19.9 Å². The molecule has 2 heterocycles. The van der Waals surface area contributed by atoms with Crippen molar-refractivity contribution in [2.45, 2.75) is 52.0 Å². The fourth-order valence-corrected chi connectivity index (χ4v) is 3.19. The molecule has 1 aliphatic rings. The summed E-state index contributed by atoms with van der Waals surface area (Å²) in [5.74, 6) is 0.555. The number of hydrogen-bond acceptors (Lipinski definition) is 5. The van der Waals surface area contributed by atoms with Crippen LogP contribution in [-0.2, 0) is 17.9 Å². The molecule has 1 aromatic heterocycles. The first kappa shape index (κ1) is 19.4. The lowest BCUT2D eigenvalue weighted by molar-refractivity contribution is -0.0135. The standard InChI is InChI=1S/C20H27N3O4/c1-3-9-23-14(2)17(11-21-23)20(25)22-18-8-10-26-13-19(18)27-16-6-4-15(12-24)5-7-16/h4-7,11,18-19,24H,3,8-10,12-13H2,1-2H3,(H,22,25)/t18-,19-/m1/s1. The van der Waals surface area contributed by atoms with Crippen molar-refractivity contribution in [1.82, 2.24) is 15.1 Å². The Labute approximate surface area is 159 Å². The lowest BCUT2D eigenvalue weighted by Gasteiger charge is -2.32. The number of nitrogens with zero attached hydrogens (tertiary/aromatic N) is 2. The van der Waals surface area contributed by atoms with Gasteiger partial charge in [0.1, 0.15) is 11.9 Å². The number of amides is 1. The molecule has 0 unspecified atom stereocenters. The van der Waals surface area contributed by atoms with Gasteiger partial charge in [-0.1, -0.05) is 19.1 Å². The Morgan fingerprint density at radius 1 is 1.41 bits per heavy atom. The van der Waals surface area contributed by atoms with E-state index in [1.807, 2.05) is 35.9 Å². The number of aryl methyl sites for hydroxylation is 1. The minimum atomic E-state index is -0.270. The Kier molecular flexibility index (Phi) is 6.47. The molecule has 1 saturated heterocycles. The molecule has 0 aliphatic carbocycles. The Morgan fingerprint density at radius 3 is 2.89 bits per heavy atom. The van der Waals surface area contributed by atoms with Crippen LogP contribution >= 0.6 is 0 Å². The van der Waals surface area contributed by atoms with Crippen molar-refractivity contribution in [1.29, 1.82) is 0 Å². The molecule has 2 atom stereocenters. The minimum Gasteiger partial charge on any atom is -0.486 e. The predicted molar refractivity (Wildman–Crippen MR) is 101 cm³/mol. The topological polar surface area (TPSA) is 85.6 Å². The van der Waals surface area contributed by atoms with Gasteiger partial charge in [0.25, 0.3) is 5.91 Å². The largest absolute Gasteiger partial charge is 0.486 e. The monoisotopic (exact) mass is 373 g/mol. The Bertz CT molecular complexity index is 757. The average Bonchev–Trinajstić information content (AvgIpc) is 3.05. The number of aliphatic hydroxyl groups is 1. The van der Waals surface area contributed by atoms with Gasteiger partial charge in [0, 0.05) is 18.8 Å². The van der Waals surface area contributed by atoms with Gasteiger partial charge in [0.2, 0.25) is 0 Å². The summed E-state index contributed by atoms with van der Waals surface area (Å²) in [4.78, 5) is 12.7. The lowest BCUT2D eigenvalue weighted by Crippen LogP contribution is -2.51. The molecule has 2 N–H and O–H groups in total. The summed E-state index contributed by atoms with van der Waals surface area (Å²) in [6, 6.07) is 7.13. The number of aliphatic hydroxyl groups excluding tert-OH is 1. The van der Waals surface area contributed by atoms with Crippen molar-refractivity contribution in [3.8, 4) is 5.75 Å². The van der Waals surface area contributed by atoms with Crippen molar-refractivity contribution in [2.75, 3.05) is 13.2 Å². The first-order valence-corrected chi connectivity index (χ1v) is 9.39. The van der Waals surface area contributed by atoms with Crippen LogP contribution in [0.2, 0.25) is 0 Å². The second-order valence-electron chi connectivity index (χ2n) is 6.77. The van der Waals surface area contributed by atoms with E-state index in [0.29, 0.717) is 30.9 Å². The van der Waals surface area contributed by atoms with Crippen LogP contribution in [0.3, 0.4) is 0 Å². The Morgan fingerprint density at radius 2 is 2.19 bits per heavy atom. The zero-order valence-corrected chi connectivity index (χ0v) is 15.9. The van der Waals surface area contributed by atoms with Crippen LogP contribution in [0.15, 0.2) is 30.5 Å². The van der Waals surface area contributed by atoms with Gasteiger partial charge in [-0.25, -0.2) is 0 Å². The van der Waals surface area contributed by atoms with E-state index in [4.69, 9.17) is 14.6 Å². The summed E-state index contributed by atoms with van der Waals surface area (Å²) < 4.78 is 13.4. The fourth-order valence-electron chi connectivity index (χ4n) is 3.19. The number of ether oxygens (including phenoxy) is 2. The molecule has 2 aromatic rings. The molecule has 7 heteroatoms. The highest BCUT2D eigenvalue weighted by Crippen LogP contribution is 2.19. The molecule has 3 rings (SSSR count). The third-order valence-corrected chi connectivity index (χ3v) is 4.80. The zero-order chi connectivity index (χ0) is 19.2. The van der Waals surface area contributed by atoms with Gasteiger partial charge in [0.15, 0.2) is 0 Å². The third-order valence-electron chi connectivity index (χ3n) is 4.80. The number of carbonyl (C=O) groups excluding carboxylic acids is 1. The molecular weight excluding hydrogens is 346 g/mol. The second kappa shape index (κ2) is 9.01. The molecule has 0 radical (unpaired) electrons. The van der Waals surface area contributed by atoms with Crippen LogP contribution < -0.4 is 10.1 Å². The minimum absolute atomic E-state index is 0.00341. The Balaban J connectivity index is 1.66. The van der Waals surface area contributed by atoms with E-state index < -0.39 is 0 Å². The van der Waals surface area contributed by atoms with Crippen LogP contribution in [0.4, 0.5) is 0 Å². The number of hydrogen-bond donors (Lipinski definition) is 2. The maximum Gasteiger partial charge on any atom is 0.255 e. The molecule has 146 valence electrons. The van der Waals surface area contributed by atoms with Gasteiger partial charge in [-0.05, 0) is 37.5 Å². The van der Waals surface area contributed by atoms with Gasteiger partial charge in [-0.3, -0.25) is 9.48 Å². The molecule has 1 amide bonds. The normalized spacial score (nSPS) is 19.7. The smallest absolute Gasteiger partial charge is 0.255 e. The second-order valence-corrected chi connectivity index (χ2v) is 6.77. The first-order chi connectivity index (χ1) is 13.1. The molecule has 7 nitrogen and oxygen atoms in total. The zero-order valence-electron chi connectivity index (χ0n) is 15.9. The Hall–Kier alpha value is -2.38. The van der Waals surface area contributed by atoms with E-state index in [0.717, 1.165) is 24.2 Å². The maximum absolute atomic E-state index is 12.7. The van der Waals surface area contributed by atoms with Crippen molar-refractivity contribution in [2.24, 2.45) is 0 Å². The first-order valence-electron chi connectivity index (χ1n) is 9.39. The quantitative estimate of drug-likeness (QED) is 0.776. The summed E-state index contributed by atoms with van der Waals surface area (Å²) in [7, 11) is 0. The van der Waals surface area contributed by atoms with Crippen LogP contribution in [0.1, 0.15) is 41.4 Å².